The van der Waals surface area contributed by atoms with Gasteiger partial charge < -0.3 is 0 Å². The molecule has 3 aromatic rings. The average molecular weight is 335 g/mol. The lowest BCUT2D eigenvalue weighted by Crippen LogP contribution is -1.90. The van der Waals surface area contributed by atoms with E-state index in [-0.39, 0.29) is 10.6 Å². The number of hydrogen-bond donors (Lipinski definition) is 0. The minimum Gasteiger partial charge on any atom is -0.258 e. The summed E-state index contributed by atoms with van der Waals surface area (Å²) in [5.74, 6) is 0. The lowest BCUT2D eigenvalue weighted by Gasteiger charge is -2.12. The van der Waals surface area contributed by atoms with E-state index in [1.165, 1.54) is 11.1 Å². The van der Waals surface area contributed by atoms with Gasteiger partial charge in [-0.3, -0.25) is 10.1 Å². The van der Waals surface area contributed by atoms with Gasteiger partial charge in [0.2, 0.25) is 0 Å². The molecule has 0 aliphatic carbocycles. The van der Waals surface area contributed by atoms with E-state index in [9.17, 15) is 10.1 Å². The van der Waals surface area contributed by atoms with Gasteiger partial charge >= 0.3 is 0 Å². The minimum absolute atomic E-state index is 0.122. The molecule has 0 aromatic heterocycles. The molecule has 0 spiro atoms. The van der Waals surface area contributed by atoms with Crippen LogP contribution in [0.3, 0.4) is 0 Å². The van der Waals surface area contributed by atoms with E-state index in [0.717, 1.165) is 20.9 Å². The highest BCUT2D eigenvalue weighted by Gasteiger charge is 2.13. The second-order valence-electron chi connectivity index (χ2n) is 5.62. The van der Waals surface area contributed by atoms with Crippen molar-refractivity contribution in [1.29, 1.82) is 0 Å². The Balaban J connectivity index is 2.05. The normalized spacial score (nSPS) is 10.6. The van der Waals surface area contributed by atoms with E-state index in [1.807, 2.05) is 31.2 Å². The number of non-ortho nitro benzene ring substituents is 1. The van der Waals surface area contributed by atoms with Gasteiger partial charge in [-0.15, -0.1) is 0 Å². The fourth-order valence-corrected chi connectivity index (χ4v) is 3.66. The molecule has 0 fully saturated rings. The van der Waals surface area contributed by atoms with Crippen molar-refractivity contribution in [1.82, 2.24) is 0 Å². The first-order chi connectivity index (χ1) is 11.6. The Morgan fingerprint density at radius 3 is 2.17 bits per heavy atom. The van der Waals surface area contributed by atoms with Crippen LogP contribution in [-0.2, 0) is 0 Å². The third-order valence-corrected chi connectivity index (χ3v) is 5.16. The average Bonchev–Trinajstić information content (AvgIpc) is 2.58. The Labute approximate surface area is 145 Å². The van der Waals surface area contributed by atoms with Crippen LogP contribution in [-0.4, -0.2) is 4.92 Å². The zero-order valence-electron chi connectivity index (χ0n) is 13.5. The minimum atomic E-state index is -0.350. The molecule has 0 atom stereocenters. The SMILES string of the molecule is Cc1ccc([N+](=O)[O-])cc1Sc1ccccc1-c1ccccc1C. The van der Waals surface area contributed by atoms with Gasteiger partial charge in [0.05, 0.1) is 4.92 Å². The van der Waals surface area contributed by atoms with Crippen molar-refractivity contribution < 1.29 is 4.92 Å². The molecule has 0 heterocycles. The highest BCUT2D eigenvalue weighted by atomic mass is 32.2. The van der Waals surface area contributed by atoms with Crippen molar-refractivity contribution in [3.05, 3.63) is 88.0 Å². The zero-order chi connectivity index (χ0) is 17.1. The van der Waals surface area contributed by atoms with Crippen molar-refractivity contribution >= 4 is 17.4 Å². The van der Waals surface area contributed by atoms with E-state index < -0.39 is 0 Å². The van der Waals surface area contributed by atoms with Crippen molar-refractivity contribution in [3.8, 4) is 11.1 Å². The molecule has 120 valence electrons. The number of rotatable bonds is 4. The summed E-state index contributed by atoms with van der Waals surface area (Å²) < 4.78 is 0. The molecule has 0 radical (unpaired) electrons. The molecule has 3 aromatic carbocycles. The number of benzene rings is 3. The molecule has 0 N–H and O–H groups in total. The second-order valence-corrected chi connectivity index (χ2v) is 6.70. The highest BCUT2D eigenvalue weighted by molar-refractivity contribution is 7.99. The van der Waals surface area contributed by atoms with E-state index >= 15 is 0 Å². The maximum absolute atomic E-state index is 11.0. The zero-order valence-corrected chi connectivity index (χ0v) is 14.3. The van der Waals surface area contributed by atoms with Gasteiger partial charge in [-0.25, -0.2) is 0 Å². The summed E-state index contributed by atoms with van der Waals surface area (Å²) in [7, 11) is 0. The van der Waals surface area contributed by atoms with Crippen LogP contribution in [0.5, 0.6) is 0 Å². The molecule has 0 amide bonds. The van der Waals surface area contributed by atoms with Crippen molar-refractivity contribution in [2.24, 2.45) is 0 Å². The Bertz CT molecular complexity index is 906. The lowest BCUT2D eigenvalue weighted by atomic mass is 10.0. The van der Waals surface area contributed by atoms with Crippen LogP contribution in [0.15, 0.2) is 76.5 Å². The predicted octanol–water partition coefficient (Wildman–Crippen LogP) is 6.03. The Kier molecular flexibility index (Phi) is 4.67. The topological polar surface area (TPSA) is 43.1 Å². The molecule has 0 aliphatic rings. The van der Waals surface area contributed by atoms with Crippen LogP contribution in [0.25, 0.3) is 11.1 Å². The summed E-state index contributed by atoms with van der Waals surface area (Å²) in [5, 5.41) is 11.0. The van der Waals surface area contributed by atoms with Crippen LogP contribution in [0.4, 0.5) is 5.69 Å². The van der Waals surface area contributed by atoms with Gasteiger partial charge in [0.15, 0.2) is 0 Å². The summed E-state index contributed by atoms with van der Waals surface area (Å²) in [5.41, 5.74) is 4.69. The fraction of sp³-hybridized carbons (Fsp3) is 0.100. The monoisotopic (exact) mass is 335 g/mol. The Hall–Kier alpha value is -2.59. The van der Waals surface area contributed by atoms with Crippen molar-refractivity contribution in [2.45, 2.75) is 23.6 Å². The number of hydrogen-bond acceptors (Lipinski definition) is 3. The molecule has 0 bridgehead atoms. The molecule has 0 saturated heterocycles. The van der Waals surface area contributed by atoms with E-state index in [2.05, 4.69) is 31.2 Å². The van der Waals surface area contributed by atoms with Crippen LogP contribution < -0.4 is 0 Å². The standard InChI is InChI=1S/C20H17NO2S/c1-14-7-3-4-8-17(14)18-9-5-6-10-19(18)24-20-13-16(21(22)23)12-11-15(20)2/h3-13H,1-2H3. The van der Waals surface area contributed by atoms with Crippen molar-refractivity contribution in [3.63, 3.8) is 0 Å². The lowest BCUT2D eigenvalue weighted by molar-refractivity contribution is -0.385. The molecule has 3 nitrogen and oxygen atoms in total. The van der Waals surface area contributed by atoms with Crippen LogP contribution >= 0.6 is 11.8 Å². The van der Waals surface area contributed by atoms with Gasteiger partial charge in [-0.1, -0.05) is 60.3 Å². The molecule has 0 aliphatic heterocycles. The van der Waals surface area contributed by atoms with Gasteiger partial charge in [0, 0.05) is 21.9 Å². The van der Waals surface area contributed by atoms with E-state index in [1.54, 1.807) is 30.0 Å². The Morgan fingerprint density at radius 1 is 0.792 bits per heavy atom. The summed E-state index contributed by atoms with van der Waals surface area (Å²) in [6.07, 6.45) is 0. The van der Waals surface area contributed by atoms with Gasteiger partial charge in [-0.05, 0) is 42.2 Å². The largest absolute Gasteiger partial charge is 0.270 e. The summed E-state index contributed by atoms with van der Waals surface area (Å²) >= 11 is 1.57. The summed E-state index contributed by atoms with van der Waals surface area (Å²) in [4.78, 5) is 12.7. The Morgan fingerprint density at radius 2 is 1.46 bits per heavy atom. The van der Waals surface area contributed by atoms with Crippen LogP contribution in [0.1, 0.15) is 11.1 Å². The molecular weight excluding hydrogens is 318 g/mol. The second kappa shape index (κ2) is 6.89. The summed E-state index contributed by atoms with van der Waals surface area (Å²) in [6, 6.07) is 21.4. The predicted molar refractivity (Wildman–Crippen MR) is 98.6 cm³/mol. The van der Waals surface area contributed by atoms with Gasteiger partial charge in [0.25, 0.3) is 5.69 Å². The smallest absolute Gasteiger partial charge is 0.258 e. The van der Waals surface area contributed by atoms with E-state index in [4.69, 9.17) is 0 Å². The maximum atomic E-state index is 11.0. The molecule has 3 rings (SSSR count). The molecule has 4 heteroatoms. The third-order valence-electron chi connectivity index (χ3n) is 3.92. The molecular formula is C20H17NO2S. The van der Waals surface area contributed by atoms with Crippen LogP contribution in [0.2, 0.25) is 0 Å². The van der Waals surface area contributed by atoms with Crippen LogP contribution in [0, 0.1) is 24.0 Å². The fourth-order valence-electron chi connectivity index (χ4n) is 2.58. The number of nitro groups is 1. The first-order valence-corrected chi connectivity index (χ1v) is 8.46. The van der Waals surface area contributed by atoms with Gasteiger partial charge in [0.1, 0.15) is 0 Å². The highest BCUT2D eigenvalue weighted by Crippen LogP contribution is 2.39. The quantitative estimate of drug-likeness (QED) is 0.432. The van der Waals surface area contributed by atoms with Gasteiger partial charge in [-0.2, -0.15) is 0 Å². The number of aryl methyl sites for hydroxylation is 2. The summed E-state index contributed by atoms with van der Waals surface area (Å²) in [6.45, 7) is 4.07. The van der Waals surface area contributed by atoms with E-state index in [0.29, 0.717) is 0 Å². The molecule has 0 unspecified atom stereocenters. The van der Waals surface area contributed by atoms with Crippen molar-refractivity contribution in [2.75, 3.05) is 0 Å². The number of nitrogens with zero attached hydrogens (tertiary/aromatic N) is 1. The number of nitro benzene ring substituents is 1. The third kappa shape index (κ3) is 3.34. The first kappa shape index (κ1) is 16.3. The maximum Gasteiger partial charge on any atom is 0.270 e. The molecule has 24 heavy (non-hydrogen) atoms. The molecule has 0 saturated carbocycles. The first-order valence-electron chi connectivity index (χ1n) is 7.64.